The summed E-state index contributed by atoms with van der Waals surface area (Å²) in [6, 6.07) is 16.1. The Morgan fingerprint density at radius 2 is 2.04 bits per heavy atom. The molecule has 0 unspecified atom stereocenters. The number of ether oxygens (including phenoxy) is 1. The van der Waals surface area contributed by atoms with Crippen LogP contribution in [0.15, 0.2) is 64.8 Å². The minimum atomic E-state index is 0.332. The summed E-state index contributed by atoms with van der Waals surface area (Å²) in [5, 5.41) is 5.23. The molecule has 3 aromatic rings. The molecule has 0 atom stereocenters. The van der Waals surface area contributed by atoms with Crippen molar-refractivity contribution in [1.29, 1.82) is 0 Å². The van der Waals surface area contributed by atoms with Crippen molar-refractivity contribution in [3.63, 3.8) is 0 Å². The molecule has 0 bridgehead atoms. The van der Waals surface area contributed by atoms with Crippen LogP contribution in [0.4, 0.5) is 0 Å². The smallest absolute Gasteiger partial charge is 0.209 e. The molecule has 4 N–H and O–H groups in total. The van der Waals surface area contributed by atoms with Crippen LogP contribution in [-0.4, -0.2) is 23.7 Å². The number of aliphatic imine (C=N–C) groups is 1. The Labute approximate surface area is 165 Å². The summed E-state index contributed by atoms with van der Waals surface area (Å²) < 4.78 is 5.92. The topological polar surface area (TPSA) is 87.8 Å². The second-order valence-corrected chi connectivity index (χ2v) is 6.57. The van der Waals surface area contributed by atoms with Crippen LogP contribution in [0.2, 0.25) is 0 Å². The third kappa shape index (κ3) is 5.61. The highest BCUT2D eigenvalue weighted by molar-refractivity contribution is 5.99. The van der Waals surface area contributed by atoms with Crippen LogP contribution in [0.1, 0.15) is 37.3 Å². The predicted molar refractivity (Wildman–Crippen MR) is 116 cm³/mol. The van der Waals surface area contributed by atoms with Crippen molar-refractivity contribution in [2.24, 2.45) is 15.8 Å². The maximum Gasteiger partial charge on any atom is 0.209 e. The van der Waals surface area contributed by atoms with Crippen molar-refractivity contribution in [1.82, 2.24) is 10.4 Å². The van der Waals surface area contributed by atoms with Crippen LogP contribution >= 0.6 is 0 Å². The second-order valence-electron chi connectivity index (χ2n) is 6.57. The summed E-state index contributed by atoms with van der Waals surface area (Å²) in [6.45, 7) is 3.42. The fourth-order valence-electron chi connectivity index (χ4n) is 2.82. The lowest BCUT2D eigenvalue weighted by Gasteiger charge is -2.06. The lowest BCUT2D eigenvalue weighted by molar-refractivity contribution is 0.306. The number of nitrogens with two attached hydrogens (primary N) is 1. The minimum Gasteiger partial charge on any atom is -0.489 e. The van der Waals surface area contributed by atoms with Gasteiger partial charge in [-0.3, -0.25) is 4.99 Å². The van der Waals surface area contributed by atoms with Gasteiger partial charge in [-0.1, -0.05) is 50.1 Å². The summed E-state index contributed by atoms with van der Waals surface area (Å²) >= 11 is 0. The van der Waals surface area contributed by atoms with Crippen LogP contribution in [0, 0.1) is 0 Å². The zero-order valence-corrected chi connectivity index (χ0v) is 16.2. The van der Waals surface area contributed by atoms with Crippen molar-refractivity contribution in [2.75, 3.05) is 6.54 Å². The average molecular weight is 377 g/mol. The van der Waals surface area contributed by atoms with Crippen LogP contribution in [-0.2, 0) is 6.61 Å². The number of aromatic amines is 1. The fourth-order valence-corrected chi connectivity index (χ4v) is 2.82. The molecule has 0 amide bonds. The molecule has 1 aromatic heterocycles. The van der Waals surface area contributed by atoms with Gasteiger partial charge >= 0.3 is 0 Å². The van der Waals surface area contributed by atoms with E-state index in [1.807, 2.05) is 54.7 Å². The molecule has 28 heavy (non-hydrogen) atoms. The molecular formula is C22H27N5O. The normalized spacial score (nSPS) is 12.0. The molecule has 0 radical (unpaired) electrons. The predicted octanol–water partition coefficient (Wildman–Crippen LogP) is 4.18. The van der Waals surface area contributed by atoms with Gasteiger partial charge in [0.1, 0.15) is 12.4 Å². The Kier molecular flexibility index (Phi) is 7.07. The minimum absolute atomic E-state index is 0.332. The molecule has 6 nitrogen and oxygen atoms in total. The molecule has 2 aromatic carbocycles. The number of H-pyrrole nitrogens is 1. The van der Waals surface area contributed by atoms with Gasteiger partial charge in [0.15, 0.2) is 0 Å². The van der Waals surface area contributed by atoms with E-state index in [-0.39, 0.29) is 0 Å². The number of hydrazone groups is 1. The number of benzene rings is 2. The monoisotopic (exact) mass is 377 g/mol. The number of hydrogen-bond donors (Lipinski definition) is 3. The Balaban J connectivity index is 1.62. The van der Waals surface area contributed by atoms with Crippen molar-refractivity contribution in [3.05, 3.63) is 65.9 Å². The first kappa shape index (κ1) is 19.5. The largest absolute Gasteiger partial charge is 0.489 e. The van der Waals surface area contributed by atoms with E-state index < -0.39 is 0 Å². The number of fused-ring (bicyclic) bond motifs is 1. The number of unbranched alkanes of at least 4 members (excludes halogenated alkanes) is 2. The van der Waals surface area contributed by atoms with Gasteiger partial charge in [0.05, 0.1) is 6.21 Å². The first-order valence-corrected chi connectivity index (χ1v) is 9.63. The van der Waals surface area contributed by atoms with Crippen LogP contribution in [0.3, 0.4) is 0 Å². The van der Waals surface area contributed by atoms with E-state index in [2.05, 4.69) is 27.4 Å². The van der Waals surface area contributed by atoms with E-state index >= 15 is 0 Å². The average Bonchev–Trinajstić information content (AvgIpc) is 3.13. The van der Waals surface area contributed by atoms with Gasteiger partial charge < -0.3 is 15.5 Å². The van der Waals surface area contributed by atoms with Gasteiger partial charge in [0.25, 0.3) is 0 Å². The highest BCUT2D eigenvalue weighted by Gasteiger charge is 2.04. The Bertz CT molecular complexity index is 931. The van der Waals surface area contributed by atoms with Gasteiger partial charge in [-0.2, -0.15) is 5.10 Å². The lowest BCUT2D eigenvalue weighted by Crippen LogP contribution is -2.27. The van der Waals surface area contributed by atoms with Gasteiger partial charge in [0, 0.05) is 29.2 Å². The molecule has 0 fully saturated rings. The maximum absolute atomic E-state index is 5.92. The highest BCUT2D eigenvalue weighted by Crippen LogP contribution is 2.23. The number of rotatable bonds is 9. The van der Waals surface area contributed by atoms with E-state index in [0.717, 1.165) is 47.2 Å². The maximum atomic E-state index is 5.92. The van der Waals surface area contributed by atoms with Crippen molar-refractivity contribution in [3.8, 4) is 5.75 Å². The molecule has 146 valence electrons. The van der Waals surface area contributed by atoms with E-state index in [1.54, 1.807) is 6.21 Å². The van der Waals surface area contributed by atoms with Gasteiger partial charge in [-0.25, -0.2) is 5.43 Å². The molecule has 0 saturated heterocycles. The SMILES string of the molecule is CCCCCN=C(N)N/N=C/c1c[nH]c2ccc(OCc3ccccc3)cc12. The molecule has 1 heterocycles. The Hall–Kier alpha value is -3.28. The molecule has 6 heteroatoms. The molecule has 0 aliphatic rings. The molecule has 0 aliphatic carbocycles. The molecule has 0 spiro atoms. The van der Waals surface area contributed by atoms with E-state index in [0.29, 0.717) is 12.6 Å². The number of nitrogens with zero attached hydrogens (tertiary/aromatic N) is 2. The number of aromatic nitrogens is 1. The highest BCUT2D eigenvalue weighted by atomic mass is 16.5. The third-order valence-corrected chi connectivity index (χ3v) is 4.36. The zero-order valence-electron chi connectivity index (χ0n) is 16.2. The first-order valence-electron chi connectivity index (χ1n) is 9.63. The molecule has 0 saturated carbocycles. The molecule has 3 rings (SSSR count). The number of hydrogen-bond acceptors (Lipinski definition) is 3. The van der Waals surface area contributed by atoms with Gasteiger partial charge in [-0.05, 0) is 30.2 Å². The lowest BCUT2D eigenvalue weighted by atomic mass is 10.2. The van der Waals surface area contributed by atoms with Gasteiger partial charge in [0.2, 0.25) is 5.96 Å². The fraction of sp³-hybridized carbons (Fsp3) is 0.273. The van der Waals surface area contributed by atoms with Crippen molar-refractivity contribution in [2.45, 2.75) is 32.8 Å². The summed E-state index contributed by atoms with van der Waals surface area (Å²) in [6.07, 6.45) is 7.00. The van der Waals surface area contributed by atoms with Crippen LogP contribution < -0.4 is 15.9 Å². The van der Waals surface area contributed by atoms with E-state index in [4.69, 9.17) is 10.5 Å². The van der Waals surface area contributed by atoms with Crippen molar-refractivity contribution < 1.29 is 4.74 Å². The second kappa shape index (κ2) is 10.2. The molecule has 0 aliphatic heterocycles. The van der Waals surface area contributed by atoms with E-state index in [1.165, 1.54) is 6.42 Å². The van der Waals surface area contributed by atoms with Crippen LogP contribution in [0.25, 0.3) is 10.9 Å². The van der Waals surface area contributed by atoms with E-state index in [9.17, 15) is 0 Å². The molecular weight excluding hydrogens is 350 g/mol. The summed E-state index contributed by atoms with van der Waals surface area (Å²) in [4.78, 5) is 7.49. The number of nitrogens with one attached hydrogen (secondary N) is 2. The summed E-state index contributed by atoms with van der Waals surface area (Å²) in [7, 11) is 0. The quantitative estimate of drug-likeness (QED) is 0.226. The first-order chi connectivity index (χ1) is 13.8. The third-order valence-electron chi connectivity index (χ3n) is 4.36. The number of guanidine groups is 1. The Morgan fingerprint density at radius 3 is 2.86 bits per heavy atom. The van der Waals surface area contributed by atoms with Crippen LogP contribution in [0.5, 0.6) is 5.75 Å². The van der Waals surface area contributed by atoms with Gasteiger partial charge in [-0.15, -0.1) is 0 Å². The summed E-state index contributed by atoms with van der Waals surface area (Å²) in [5.41, 5.74) is 11.7. The standard InChI is InChI=1S/C22H27N5O/c1-2-3-7-12-24-22(23)27-26-15-18-14-25-21-11-10-19(13-20(18)21)28-16-17-8-5-4-6-9-17/h4-6,8-11,13-15,25H,2-3,7,12,16H2,1H3,(H3,23,24,27)/b26-15+. The zero-order chi connectivity index (χ0) is 19.6. The van der Waals surface area contributed by atoms with Crippen molar-refractivity contribution >= 4 is 23.1 Å². The summed E-state index contributed by atoms with van der Waals surface area (Å²) in [5.74, 6) is 1.15. The Morgan fingerprint density at radius 1 is 1.18 bits per heavy atom.